The van der Waals surface area contributed by atoms with Crippen LogP contribution in [-0.2, 0) is 11.3 Å². The molecule has 0 radical (unpaired) electrons. The summed E-state index contributed by atoms with van der Waals surface area (Å²) in [6.07, 6.45) is 0. The molecule has 0 saturated carbocycles. The highest BCUT2D eigenvalue weighted by molar-refractivity contribution is 5.94. The standard InChI is InChI=1S/C28H34N4O3/c1-30(25-13-14-26(34-2)27(19-25)35-3)21-28(33)29-23-9-11-24(12-10-23)32-17-15-31(16-18-32)20-22-7-5-4-6-8-22/h4-14,19H,15-18,20-21H2,1-3H3,(H,29,33). The molecule has 7 nitrogen and oxygen atoms in total. The van der Waals surface area contributed by atoms with Crippen molar-refractivity contribution in [3.8, 4) is 11.5 Å². The molecule has 1 amide bonds. The lowest BCUT2D eigenvalue weighted by Gasteiger charge is -2.36. The molecule has 0 unspecified atom stereocenters. The van der Waals surface area contributed by atoms with Crippen LogP contribution in [0.5, 0.6) is 11.5 Å². The van der Waals surface area contributed by atoms with Gasteiger partial charge in [0, 0.05) is 62.9 Å². The van der Waals surface area contributed by atoms with Crippen LogP contribution in [0.4, 0.5) is 17.1 Å². The first-order chi connectivity index (χ1) is 17.1. The minimum atomic E-state index is -0.0791. The van der Waals surface area contributed by atoms with Gasteiger partial charge in [0.2, 0.25) is 5.91 Å². The Labute approximate surface area is 207 Å². The van der Waals surface area contributed by atoms with E-state index >= 15 is 0 Å². The number of carbonyl (C=O) groups excluding carboxylic acids is 1. The van der Waals surface area contributed by atoms with Crippen molar-refractivity contribution >= 4 is 23.0 Å². The molecule has 184 valence electrons. The maximum atomic E-state index is 12.6. The van der Waals surface area contributed by atoms with Gasteiger partial charge in [0.05, 0.1) is 20.8 Å². The molecule has 1 heterocycles. The summed E-state index contributed by atoms with van der Waals surface area (Å²) in [6.45, 7) is 5.28. The number of hydrogen-bond donors (Lipinski definition) is 1. The van der Waals surface area contributed by atoms with Gasteiger partial charge in [-0.1, -0.05) is 30.3 Å². The molecule has 1 N–H and O–H groups in total. The number of methoxy groups -OCH3 is 2. The lowest BCUT2D eigenvalue weighted by atomic mass is 10.2. The zero-order valence-electron chi connectivity index (χ0n) is 20.7. The fourth-order valence-corrected chi connectivity index (χ4v) is 4.33. The number of amides is 1. The van der Waals surface area contributed by atoms with Crippen molar-refractivity contribution in [3.05, 3.63) is 78.4 Å². The molecule has 3 aromatic rings. The lowest BCUT2D eigenvalue weighted by Crippen LogP contribution is -2.45. The zero-order chi connectivity index (χ0) is 24.6. The Balaban J connectivity index is 1.26. The van der Waals surface area contributed by atoms with Gasteiger partial charge < -0.3 is 24.6 Å². The van der Waals surface area contributed by atoms with E-state index in [1.807, 2.05) is 42.3 Å². The van der Waals surface area contributed by atoms with Crippen LogP contribution in [0.1, 0.15) is 5.56 Å². The lowest BCUT2D eigenvalue weighted by molar-refractivity contribution is -0.114. The van der Waals surface area contributed by atoms with Crippen LogP contribution in [0.15, 0.2) is 72.8 Å². The highest BCUT2D eigenvalue weighted by atomic mass is 16.5. The van der Waals surface area contributed by atoms with E-state index in [0.717, 1.165) is 44.1 Å². The Morgan fingerprint density at radius 2 is 1.57 bits per heavy atom. The van der Waals surface area contributed by atoms with E-state index in [0.29, 0.717) is 11.5 Å². The Bertz CT molecular complexity index is 1100. The molecule has 1 fully saturated rings. The smallest absolute Gasteiger partial charge is 0.243 e. The fourth-order valence-electron chi connectivity index (χ4n) is 4.33. The molecular formula is C28H34N4O3. The van der Waals surface area contributed by atoms with E-state index in [-0.39, 0.29) is 12.5 Å². The predicted molar refractivity (Wildman–Crippen MR) is 142 cm³/mol. The highest BCUT2D eigenvalue weighted by Gasteiger charge is 2.17. The average molecular weight is 475 g/mol. The van der Waals surface area contributed by atoms with Crippen LogP contribution in [-0.4, -0.2) is 64.8 Å². The van der Waals surface area contributed by atoms with Crippen LogP contribution >= 0.6 is 0 Å². The summed E-state index contributed by atoms with van der Waals surface area (Å²) in [5.41, 5.74) is 4.21. The third kappa shape index (κ3) is 6.45. The topological polar surface area (TPSA) is 57.3 Å². The summed E-state index contributed by atoms with van der Waals surface area (Å²) >= 11 is 0. The highest BCUT2D eigenvalue weighted by Crippen LogP contribution is 2.31. The molecule has 0 atom stereocenters. The second kappa shape index (κ2) is 11.6. The predicted octanol–water partition coefficient (Wildman–Crippen LogP) is 4.10. The third-order valence-electron chi connectivity index (χ3n) is 6.33. The van der Waals surface area contributed by atoms with Crippen LogP contribution < -0.4 is 24.6 Å². The normalized spacial score (nSPS) is 13.9. The van der Waals surface area contributed by atoms with Crippen molar-refractivity contribution < 1.29 is 14.3 Å². The number of piperazine rings is 1. The van der Waals surface area contributed by atoms with E-state index < -0.39 is 0 Å². The van der Waals surface area contributed by atoms with Gasteiger partial charge in [0.25, 0.3) is 0 Å². The molecule has 7 heteroatoms. The molecule has 35 heavy (non-hydrogen) atoms. The van der Waals surface area contributed by atoms with E-state index in [9.17, 15) is 4.79 Å². The first-order valence-electron chi connectivity index (χ1n) is 11.9. The van der Waals surface area contributed by atoms with E-state index in [4.69, 9.17) is 9.47 Å². The minimum absolute atomic E-state index is 0.0791. The molecule has 0 spiro atoms. The van der Waals surface area contributed by atoms with Gasteiger partial charge >= 0.3 is 0 Å². The number of hydrogen-bond acceptors (Lipinski definition) is 6. The summed E-state index contributed by atoms with van der Waals surface area (Å²) in [6, 6.07) is 24.3. The number of benzene rings is 3. The molecule has 4 rings (SSSR count). The Morgan fingerprint density at radius 1 is 0.886 bits per heavy atom. The molecule has 0 aromatic heterocycles. The van der Waals surface area contributed by atoms with E-state index in [2.05, 4.69) is 57.6 Å². The van der Waals surface area contributed by atoms with Gasteiger partial charge in [-0.3, -0.25) is 9.69 Å². The van der Waals surface area contributed by atoms with E-state index in [1.54, 1.807) is 14.2 Å². The van der Waals surface area contributed by atoms with Crippen molar-refractivity contribution in [2.75, 3.05) is 69.1 Å². The number of anilines is 3. The maximum Gasteiger partial charge on any atom is 0.243 e. The van der Waals surface area contributed by atoms with Crippen molar-refractivity contribution in [1.82, 2.24) is 4.90 Å². The zero-order valence-corrected chi connectivity index (χ0v) is 20.7. The molecular weight excluding hydrogens is 440 g/mol. The summed E-state index contributed by atoms with van der Waals surface area (Å²) in [5, 5.41) is 2.99. The van der Waals surface area contributed by atoms with Gasteiger partial charge in [-0.2, -0.15) is 0 Å². The van der Waals surface area contributed by atoms with Crippen LogP contribution in [0, 0.1) is 0 Å². The van der Waals surface area contributed by atoms with Crippen molar-refractivity contribution in [2.45, 2.75) is 6.54 Å². The minimum Gasteiger partial charge on any atom is -0.493 e. The molecule has 1 aliphatic rings. The number of nitrogens with one attached hydrogen (secondary N) is 1. The van der Waals surface area contributed by atoms with Crippen molar-refractivity contribution in [2.24, 2.45) is 0 Å². The van der Waals surface area contributed by atoms with Gasteiger partial charge in [-0.15, -0.1) is 0 Å². The summed E-state index contributed by atoms with van der Waals surface area (Å²) in [7, 11) is 5.08. The molecule has 1 saturated heterocycles. The van der Waals surface area contributed by atoms with Crippen LogP contribution in [0.2, 0.25) is 0 Å². The maximum absolute atomic E-state index is 12.6. The average Bonchev–Trinajstić information content (AvgIpc) is 2.89. The van der Waals surface area contributed by atoms with Crippen molar-refractivity contribution in [3.63, 3.8) is 0 Å². The van der Waals surface area contributed by atoms with Gasteiger partial charge in [-0.05, 0) is 42.0 Å². The first-order valence-corrected chi connectivity index (χ1v) is 11.9. The monoisotopic (exact) mass is 474 g/mol. The second-order valence-electron chi connectivity index (χ2n) is 8.74. The summed E-state index contributed by atoms with van der Waals surface area (Å²) in [4.78, 5) is 19.4. The number of rotatable bonds is 9. The number of carbonyl (C=O) groups is 1. The first kappa shape index (κ1) is 24.4. The Morgan fingerprint density at radius 3 is 2.23 bits per heavy atom. The van der Waals surface area contributed by atoms with Crippen LogP contribution in [0.3, 0.4) is 0 Å². The largest absolute Gasteiger partial charge is 0.493 e. The molecule has 1 aliphatic heterocycles. The number of ether oxygens (including phenoxy) is 2. The van der Waals surface area contributed by atoms with Gasteiger partial charge in [-0.25, -0.2) is 0 Å². The fraction of sp³-hybridized carbons (Fsp3) is 0.321. The number of nitrogens with zero attached hydrogens (tertiary/aromatic N) is 3. The van der Waals surface area contributed by atoms with Crippen molar-refractivity contribution in [1.29, 1.82) is 0 Å². The second-order valence-corrected chi connectivity index (χ2v) is 8.74. The van der Waals surface area contributed by atoms with Crippen LogP contribution in [0.25, 0.3) is 0 Å². The summed E-state index contributed by atoms with van der Waals surface area (Å²) in [5.74, 6) is 1.21. The Hall–Kier alpha value is -3.71. The molecule has 0 bridgehead atoms. The third-order valence-corrected chi connectivity index (χ3v) is 6.33. The molecule has 3 aromatic carbocycles. The SMILES string of the molecule is COc1ccc(N(C)CC(=O)Nc2ccc(N3CCN(Cc4ccccc4)CC3)cc2)cc1OC. The van der Waals surface area contributed by atoms with Gasteiger partial charge in [0.15, 0.2) is 11.5 Å². The van der Waals surface area contributed by atoms with Gasteiger partial charge in [0.1, 0.15) is 0 Å². The molecule has 0 aliphatic carbocycles. The van der Waals surface area contributed by atoms with E-state index in [1.165, 1.54) is 11.3 Å². The Kier molecular flexibility index (Phi) is 8.11. The number of likely N-dealkylation sites (N-methyl/N-ethyl adjacent to an activating group) is 1. The summed E-state index contributed by atoms with van der Waals surface area (Å²) < 4.78 is 10.6. The quantitative estimate of drug-likeness (QED) is 0.504.